The molecule has 0 aromatic heterocycles. The fourth-order valence-electron chi connectivity index (χ4n) is 2.25. The number of nitrogens with zero attached hydrogens (tertiary/aromatic N) is 1. The molecule has 1 aromatic carbocycles. The number of hydrogen-bond donors (Lipinski definition) is 1. The molecule has 0 amide bonds. The van der Waals surface area contributed by atoms with Crippen LogP contribution in [0.3, 0.4) is 0 Å². The predicted molar refractivity (Wildman–Crippen MR) is 76.0 cm³/mol. The van der Waals surface area contributed by atoms with Crippen LogP contribution in [0.5, 0.6) is 0 Å². The van der Waals surface area contributed by atoms with Gasteiger partial charge < -0.3 is 5.73 Å². The number of benzene rings is 1. The molecule has 1 aliphatic carbocycles. The van der Waals surface area contributed by atoms with Crippen LogP contribution in [-0.4, -0.2) is 22.5 Å². The Bertz CT molecular complexity index is 443. The molecule has 0 radical (unpaired) electrons. The number of nitrogens with two attached hydrogens (primary N) is 1. The van der Waals surface area contributed by atoms with Crippen molar-refractivity contribution in [1.82, 2.24) is 4.90 Å². The summed E-state index contributed by atoms with van der Waals surface area (Å²) < 4.78 is 13.2. The summed E-state index contributed by atoms with van der Waals surface area (Å²) in [5.41, 5.74) is 7.38. The summed E-state index contributed by atoms with van der Waals surface area (Å²) in [5.74, 6) is -0.282. The molecular weight excluding hydrogens is 247 g/mol. The lowest BCUT2D eigenvalue weighted by Gasteiger charge is -2.22. The van der Waals surface area contributed by atoms with Gasteiger partial charge in [0.05, 0.1) is 0 Å². The van der Waals surface area contributed by atoms with Crippen LogP contribution in [0.25, 0.3) is 0 Å². The van der Waals surface area contributed by atoms with Crippen molar-refractivity contribution in [1.29, 1.82) is 0 Å². The first-order chi connectivity index (χ1) is 8.61. The lowest BCUT2D eigenvalue weighted by atomic mass is 10.1. The molecule has 2 rings (SSSR count). The first kappa shape index (κ1) is 13.4. The molecule has 1 fully saturated rings. The molecule has 1 saturated carbocycles. The van der Waals surface area contributed by atoms with E-state index in [4.69, 9.17) is 18.0 Å². The largest absolute Gasteiger partial charge is 0.389 e. The molecule has 0 aliphatic heterocycles. The van der Waals surface area contributed by atoms with E-state index in [1.807, 2.05) is 0 Å². The highest BCUT2D eigenvalue weighted by Crippen LogP contribution is 2.29. The normalized spacial score (nSPS) is 15.1. The number of halogens is 1. The Kier molecular flexibility index (Phi) is 4.30. The zero-order valence-electron chi connectivity index (χ0n) is 10.7. The standard InChI is InChI=1S/C14H19FN2S/c1-2-7-17(12-5-6-12)9-10-3-4-11(15)8-13(10)14(16)18/h3-4,8,12H,2,5-7,9H2,1H3,(H2,16,18). The van der Waals surface area contributed by atoms with Crippen LogP contribution in [0.15, 0.2) is 18.2 Å². The van der Waals surface area contributed by atoms with E-state index in [9.17, 15) is 4.39 Å². The molecule has 0 bridgehead atoms. The number of rotatable bonds is 6. The van der Waals surface area contributed by atoms with Gasteiger partial charge in [-0.3, -0.25) is 4.90 Å². The SMILES string of the molecule is CCCN(Cc1ccc(F)cc1C(N)=S)C1CC1. The van der Waals surface area contributed by atoms with Crippen LogP contribution in [0.4, 0.5) is 4.39 Å². The molecule has 1 aromatic rings. The van der Waals surface area contributed by atoms with Gasteiger partial charge in [0.1, 0.15) is 10.8 Å². The van der Waals surface area contributed by atoms with Crippen molar-refractivity contribution >= 4 is 17.2 Å². The summed E-state index contributed by atoms with van der Waals surface area (Å²) in [6, 6.07) is 5.41. The minimum Gasteiger partial charge on any atom is -0.389 e. The van der Waals surface area contributed by atoms with Gasteiger partial charge in [-0.2, -0.15) is 0 Å². The molecule has 0 heterocycles. The second-order valence-corrected chi connectivity index (χ2v) is 5.31. The van der Waals surface area contributed by atoms with Gasteiger partial charge >= 0.3 is 0 Å². The van der Waals surface area contributed by atoms with E-state index in [-0.39, 0.29) is 10.8 Å². The van der Waals surface area contributed by atoms with Crippen LogP contribution in [-0.2, 0) is 6.54 Å². The summed E-state index contributed by atoms with van der Waals surface area (Å²) >= 11 is 5.00. The molecule has 98 valence electrons. The van der Waals surface area contributed by atoms with Crippen molar-refractivity contribution in [2.45, 2.75) is 38.8 Å². The molecule has 18 heavy (non-hydrogen) atoms. The highest BCUT2D eigenvalue weighted by atomic mass is 32.1. The van der Waals surface area contributed by atoms with Crippen LogP contribution < -0.4 is 5.73 Å². The predicted octanol–water partition coefficient (Wildman–Crippen LogP) is 2.83. The van der Waals surface area contributed by atoms with E-state index < -0.39 is 0 Å². The minimum atomic E-state index is -0.282. The highest BCUT2D eigenvalue weighted by molar-refractivity contribution is 7.80. The molecule has 2 N–H and O–H groups in total. The average Bonchev–Trinajstić information content (AvgIpc) is 3.14. The highest BCUT2D eigenvalue weighted by Gasteiger charge is 2.28. The van der Waals surface area contributed by atoms with Crippen molar-refractivity contribution in [2.75, 3.05) is 6.54 Å². The molecular formula is C14H19FN2S. The Morgan fingerprint density at radius 2 is 2.22 bits per heavy atom. The third-order valence-electron chi connectivity index (χ3n) is 3.28. The van der Waals surface area contributed by atoms with Crippen molar-refractivity contribution in [3.8, 4) is 0 Å². The van der Waals surface area contributed by atoms with Crippen molar-refractivity contribution in [3.05, 3.63) is 35.1 Å². The van der Waals surface area contributed by atoms with Crippen LogP contribution in [0.2, 0.25) is 0 Å². The summed E-state index contributed by atoms with van der Waals surface area (Å²) in [6.07, 6.45) is 3.66. The van der Waals surface area contributed by atoms with Gasteiger partial charge in [-0.25, -0.2) is 4.39 Å². The van der Waals surface area contributed by atoms with E-state index >= 15 is 0 Å². The molecule has 4 heteroatoms. The molecule has 0 saturated heterocycles. The van der Waals surface area contributed by atoms with E-state index in [0.29, 0.717) is 11.6 Å². The third kappa shape index (κ3) is 3.27. The molecule has 0 atom stereocenters. The van der Waals surface area contributed by atoms with Crippen molar-refractivity contribution in [3.63, 3.8) is 0 Å². The summed E-state index contributed by atoms with van der Waals surface area (Å²) in [6.45, 7) is 4.05. The zero-order chi connectivity index (χ0) is 13.1. The maximum Gasteiger partial charge on any atom is 0.123 e. The first-order valence-corrected chi connectivity index (χ1v) is 6.85. The van der Waals surface area contributed by atoms with Gasteiger partial charge in [-0.05, 0) is 43.5 Å². The maximum atomic E-state index is 13.2. The van der Waals surface area contributed by atoms with Gasteiger partial charge in [-0.1, -0.05) is 25.2 Å². The van der Waals surface area contributed by atoms with E-state index in [0.717, 1.165) is 25.1 Å². The Morgan fingerprint density at radius 3 is 2.78 bits per heavy atom. The first-order valence-electron chi connectivity index (χ1n) is 6.44. The van der Waals surface area contributed by atoms with Gasteiger partial charge in [0.15, 0.2) is 0 Å². The molecule has 1 aliphatic rings. The Hall–Kier alpha value is -1.00. The maximum absolute atomic E-state index is 13.2. The summed E-state index contributed by atoms with van der Waals surface area (Å²) in [4.78, 5) is 2.71. The summed E-state index contributed by atoms with van der Waals surface area (Å²) in [5, 5.41) is 0. The quantitative estimate of drug-likeness (QED) is 0.803. The van der Waals surface area contributed by atoms with Gasteiger partial charge in [0.25, 0.3) is 0 Å². The van der Waals surface area contributed by atoms with E-state index in [1.54, 1.807) is 6.07 Å². The Balaban J connectivity index is 2.18. The molecule has 0 spiro atoms. The van der Waals surface area contributed by atoms with Crippen LogP contribution >= 0.6 is 12.2 Å². The van der Waals surface area contributed by atoms with Gasteiger partial charge in [0, 0.05) is 18.2 Å². The van der Waals surface area contributed by atoms with Crippen LogP contribution in [0, 0.1) is 5.82 Å². The lowest BCUT2D eigenvalue weighted by molar-refractivity contribution is 0.255. The van der Waals surface area contributed by atoms with Crippen molar-refractivity contribution < 1.29 is 4.39 Å². The summed E-state index contributed by atoms with van der Waals surface area (Å²) in [7, 11) is 0. The number of hydrogen-bond acceptors (Lipinski definition) is 2. The second kappa shape index (κ2) is 5.76. The minimum absolute atomic E-state index is 0.275. The fourth-order valence-corrected chi connectivity index (χ4v) is 2.44. The number of thiocarbonyl (C=S) groups is 1. The topological polar surface area (TPSA) is 29.3 Å². The smallest absolute Gasteiger partial charge is 0.123 e. The zero-order valence-corrected chi connectivity index (χ0v) is 11.5. The van der Waals surface area contributed by atoms with E-state index in [1.165, 1.54) is 25.0 Å². The van der Waals surface area contributed by atoms with Crippen LogP contribution in [0.1, 0.15) is 37.3 Å². The Morgan fingerprint density at radius 1 is 1.50 bits per heavy atom. The fraction of sp³-hybridized carbons (Fsp3) is 0.500. The second-order valence-electron chi connectivity index (χ2n) is 4.87. The molecule has 2 nitrogen and oxygen atoms in total. The average molecular weight is 266 g/mol. The molecule has 0 unspecified atom stereocenters. The van der Waals surface area contributed by atoms with E-state index in [2.05, 4.69) is 11.8 Å². The Labute approximate surface area is 113 Å². The van der Waals surface area contributed by atoms with Gasteiger partial charge in [-0.15, -0.1) is 0 Å². The third-order valence-corrected chi connectivity index (χ3v) is 3.50. The lowest BCUT2D eigenvalue weighted by Crippen LogP contribution is -2.27. The van der Waals surface area contributed by atoms with Crippen molar-refractivity contribution in [2.24, 2.45) is 5.73 Å². The van der Waals surface area contributed by atoms with Gasteiger partial charge in [0.2, 0.25) is 0 Å². The monoisotopic (exact) mass is 266 g/mol.